The van der Waals surface area contributed by atoms with Crippen LogP contribution in [-0.2, 0) is 0 Å². The number of aryl methyl sites for hydroxylation is 1. The Balaban J connectivity index is 1.50. The van der Waals surface area contributed by atoms with E-state index in [4.69, 9.17) is 4.74 Å². The smallest absolute Gasteiger partial charge is 0.254 e. The molecular formula is C21H20INO3. The molecule has 2 heterocycles. The normalized spacial score (nSPS) is 18.4. The molecule has 2 aliphatic heterocycles. The number of amides is 1. The van der Waals surface area contributed by atoms with Gasteiger partial charge in [-0.25, -0.2) is 0 Å². The molecule has 134 valence electrons. The fourth-order valence-electron chi connectivity index (χ4n) is 3.81. The van der Waals surface area contributed by atoms with E-state index >= 15 is 0 Å². The van der Waals surface area contributed by atoms with Gasteiger partial charge < -0.3 is 9.64 Å². The Morgan fingerprint density at radius 1 is 1.15 bits per heavy atom. The van der Waals surface area contributed by atoms with Crippen molar-refractivity contribution in [1.82, 2.24) is 4.90 Å². The van der Waals surface area contributed by atoms with E-state index in [0.29, 0.717) is 43.7 Å². The number of likely N-dealkylation sites (tertiary alicyclic amines) is 1. The number of benzene rings is 2. The number of Topliss-reactive ketones (excluding diaryl/α,β-unsaturated/α-hetero) is 1. The molecule has 4 nitrogen and oxygen atoms in total. The van der Waals surface area contributed by atoms with Crippen molar-refractivity contribution in [3.8, 4) is 5.75 Å². The Morgan fingerprint density at radius 2 is 1.88 bits per heavy atom. The predicted molar refractivity (Wildman–Crippen MR) is 108 cm³/mol. The number of fused-ring (bicyclic) bond motifs is 1. The van der Waals surface area contributed by atoms with Crippen molar-refractivity contribution < 1.29 is 14.3 Å². The van der Waals surface area contributed by atoms with Gasteiger partial charge in [0.1, 0.15) is 11.4 Å². The number of ether oxygens (including phenoxy) is 1. The molecular weight excluding hydrogens is 441 g/mol. The largest absolute Gasteiger partial charge is 0.486 e. The quantitative estimate of drug-likeness (QED) is 0.597. The van der Waals surface area contributed by atoms with Crippen LogP contribution in [0.1, 0.15) is 45.5 Å². The number of piperidine rings is 1. The van der Waals surface area contributed by atoms with E-state index in [1.54, 1.807) is 0 Å². The van der Waals surface area contributed by atoms with Crippen molar-refractivity contribution in [2.24, 2.45) is 0 Å². The van der Waals surface area contributed by atoms with E-state index in [9.17, 15) is 9.59 Å². The third-order valence-corrected chi connectivity index (χ3v) is 6.25. The van der Waals surface area contributed by atoms with Gasteiger partial charge in [0.25, 0.3) is 5.91 Å². The van der Waals surface area contributed by atoms with Crippen LogP contribution < -0.4 is 4.74 Å². The summed E-state index contributed by atoms with van der Waals surface area (Å²) in [6.45, 7) is 3.20. The zero-order chi connectivity index (χ0) is 18.3. The molecule has 1 amide bonds. The second-order valence-corrected chi connectivity index (χ2v) is 8.32. The summed E-state index contributed by atoms with van der Waals surface area (Å²) in [4.78, 5) is 27.3. The number of rotatable bonds is 1. The maximum atomic E-state index is 12.8. The molecule has 4 rings (SSSR count). The summed E-state index contributed by atoms with van der Waals surface area (Å²) >= 11 is 2.20. The van der Waals surface area contributed by atoms with Gasteiger partial charge in [-0.2, -0.15) is 0 Å². The molecule has 26 heavy (non-hydrogen) atoms. The van der Waals surface area contributed by atoms with Gasteiger partial charge in [0.15, 0.2) is 5.78 Å². The zero-order valence-corrected chi connectivity index (χ0v) is 16.8. The summed E-state index contributed by atoms with van der Waals surface area (Å²) in [5, 5.41) is 0. The van der Waals surface area contributed by atoms with Gasteiger partial charge in [-0.1, -0.05) is 23.8 Å². The lowest BCUT2D eigenvalue weighted by Gasteiger charge is -2.44. The standard InChI is InChI=1S/C21H20INO3/c1-14-6-7-19-16(12-14)18(24)13-21(26-19)8-10-23(11-9-21)20(25)15-4-2-3-5-17(15)22/h2-7,12H,8-11,13H2,1H3. The number of hydrogen-bond donors (Lipinski definition) is 0. The summed E-state index contributed by atoms with van der Waals surface area (Å²) in [5.74, 6) is 0.888. The van der Waals surface area contributed by atoms with E-state index in [0.717, 1.165) is 14.7 Å². The second kappa shape index (κ2) is 6.68. The van der Waals surface area contributed by atoms with E-state index in [1.165, 1.54) is 0 Å². The number of carbonyl (C=O) groups is 2. The van der Waals surface area contributed by atoms with E-state index < -0.39 is 5.60 Å². The van der Waals surface area contributed by atoms with Crippen LogP contribution in [0, 0.1) is 10.5 Å². The van der Waals surface area contributed by atoms with Crippen molar-refractivity contribution in [3.05, 3.63) is 62.7 Å². The molecule has 0 radical (unpaired) electrons. The van der Waals surface area contributed by atoms with Gasteiger partial charge in [-0.15, -0.1) is 0 Å². The van der Waals surface area contributed by atoms with Crippen molar-refractivity contribution in [2.45, 2.75) is 31.8 Å². The summed E-state index contributed by atoms with van der Waals surface area (Å²) in [5.41, 5.74) is 2.02. The van der Waals surface area contributed by atoms with Gasteiger partial charge in [0.05, 0.1) is 17.5 Å². The lowest BCUT2D eigenvalue weighted by molar-refractivity contribution is -0.00574. The first-order chi connectivity index (χ1) is 12.5. The molecule has 2 aromatic rings. The summed E-state index contributed by atoms with van der Waals surface area (Å²) < 4.78 is 7.24. The summed E-state index contributed by atoms with van der Waals surface area (Å²) in [7, 11) is 0. The molecule has 1 fully saturated rings. The fraction of sp³-hybridized carbons (Fsp3) is 0.333. The predicted octanol–water partition coefficient (Wildman–Crippen LogP) is 4.24. The number of ketones is 1. The molecule has 0 atom stereocenters. The van der Waals surface area contributed by atoms with Crippen molar-refractivity contribution >= 4 is 34.3 Å². The van der Waals surface area contributed by atoms with Crippen LogP contribution in [0.25, 0.3) is 0 Å². The van der Waals surface area contributed by atoms with Crippen LogP contribution in [-0.4, -0.2) is 35.3 Å². The van der Waals surface area contributed by atoms with Crippen molar-refractivity contribution in [3.63, 3.8) is 0 Å². The molecule has 0 unspecified atom stereocenters. The van der Waals surface area contributed by atoms with Gasteiger partial charge >= 0.3 is 0 Å². The molecule has 2 aliphatic rings. The van der Waals surface area contributed by atoms with Gasteiger partial charge in [0.2, 0.25) is 0 Å². The molecule has 0 saturated carbocycles. The maximum absolute atomic E-state index is 12.8. The molecule has 1 spiro atoms. The minimum absolute atomic E-state index is 0.0583. The first-order valence-electron chi connectivity index (χ1n) is 8.84. The van der Waals surface area contributed by atoms with Crippen LogP contribution in [0.2, 0.25) is 0 Å². The van der Waals surface area contributed by atoms with Crippen LogP contribution >= 0.6 is 22.6 Å². The third kappa shape index (κ3) is 3.13. The van der Waals surface area contributed by atoms with Crippen LogP contribution in [0.3, 0.4) is 0 Å². The van der Waals surface area contributed by atoms with Crippen LogP contribution in [0.15, 0.2) is 42.5 Å². The fourth-order valence-corrected chi connectivity index (χ4v) is 4.43. The highest BCUT2D eigenvalue weighted by molar-refractivity contribution is 14.1. The highest BCUT2D eigenvalue weighted by Gasteiger charge is 2.43. The van der Waals surface area contributed by atoms with Crippen molar-refractivity contribution in [2.75, 3.05) is 13.1 Å². The Labute approximate surface area is 166 Å². The Morgan fingerprint density at radius 3 is 2.62 bits per heavy atom. The molecule has 0 aliphatic carbocycles. The van der Waals surface area contributed by atoms with E-state index in [2.05, 4.69) is 22.6 Å². The molecule has 0 aromatic heterocycles. The molecule has 1 saturated heterocycles. The van der Waals surface area contributed by atoms with Crippen LogP contribution in [0.5, 0.6) is 5.75 Å². The lowest BCUT2D eigenvalue weighted by atomic mass is 9.82. The van der Waals surface area contributed by atoms with E-state index in [-0.39, 0.29) is 11.7 Å². The SMILES string of the molecule is Cc1ccc2c(c1)C(=O)CC1(CCN(C(=O)c3ccccc3I)CC1)O2. The summed E-state index contributed by atoms with van der Waals surface area (Å²) in [6.07, 6.45) is 1.76. The minimum Gasteiger partial charge on any atom is -0.486 e. The molecule has 0 N–H and O–H groups in total. The first kappa shape index (κ1) is 17.5. The number of nitrogens with zero attached hydrogens (tertiary/aromatic N) is 1. The number of carbonyl (C=O) groups excluding carboxylic acids is 2. The zero-order valence-electron chi connectivity index (χ0n) is 14.6. The van der Waals surface area contributed by atoms with Crippen LogP contribution in [0.4, 0.5) is 0 Å². The third-order valence-electron chi connectivity index (χ3n) is 5.31. The monoisotopic (exact) mass is 461 g/mol. The topological polar surface area (TPSA) is 46.6 Å². The van der Waals surface area contributed by atoms with E-state index in [1.807, 2.05) is 54.3 Å². The Hall–Kier alpha value is -1.89. The second-order valence-electron chi connectivity index (χ2n) is 7.16. The highest BCUT2D eigenvalue weighted by Crippen LogP contribution is 2.39. The lowest BCUT2D eigenvalue weighted by Crippen LogP contribution is -2.52. The molecule has 5 heteroatoms. The van der Waals surface area contributed by atoms with Gasteiger partial charge in [-0.05, 0) is 53.8 Å². The maximum Gasteiger partial charge on any atom is 0.254 e. The first-order valence-corrected chi connectivity index (χ1v) is 9.92. The average molecular weight is 461 g/mol. The molecule has 0 bridgehead atoms. The molecule has 2 aromatic carbocycles. The summed E-state index contributed by atoms with van der Waals surface area (Å²) in [6, 6.07) is 13.4. The van der Waals surface area contributed by atoms with Gasteiger partial charge in [0, 0.05) is 29.5 Å². The number of halogens is 1. The minimum atomic E-state index is -0.472. The Kier molecular flexibility index (Phi) is 4.50. The Bertz CT molecular complexity index is 885. The van der Waals surface area contributed by atoms with Crippen molar-refractivity contribution in [1.29, 1.82) is 0 Å². The average Bonchev–Trinajstić information content (AvgIpc) is 2.63. The van der Waals surface area contributed by atoms with Gasteiger partial charge in [-0.3, -0.25) is 9.59 Å². The number of hydrogen-bond acceptors (Lipinski definition) is 3. The highest BCUT2D eigenvalue weighted by atomic mass is 127.